The summed E-state index contributed by atoms with van der Waals surface area (Å²) in [4.78, 5) is 21.1. The minimum Gasteiger partial charge on any atom is -0.388 e. The van der Waals surface area contributed by atoms with Gasteiger partial charge in [0.05, 0.1) is 11.0 Å². The topological polar surface area (TPSA) is 56.7 Å². The van der Waals surface area contributed by atoms with E-state index in [9.17, 15) is 9.90 Å². The Morgan fingerprint density at radius 3 is 2.72 bits per heavy atom. The van der Waals surface area contributed by atoms with Crippen LogP contribution in [0.15, 0.2) is 6.20 Å². The van der Waals surface area contributed by atoms with Gasteiger partial charge in [0.1, 0.15) is 5.54 Å². The maximum atomic E-state index is 12.2. The smallest absolute Gasteiger partial charge is 0.247 e. The van der Waals surface area contributed by atoms with E-state index in [0.717, 1.165) is 16.6 Å². The zero-order valence-corrected chi connectivity index (χ0v) is 12.0. The van der Waals surface area contributed by atoms with Crippen molar-refractivity contribution < 1.29 is 9.90 Å². The number of hydrogen-bond acceptors (Lipinski definition) is 5. The number of hydrogen-bond donors (Lipinski definition) is 1. The van der Waals surface area contributed by atoms with Crippen molar-refractivity contribution in [1.29, 1.82) is 0 Å². The van der Waals surface area contributed by atoms with Crippen LogP contribution in [0.1, 0.15) is 31.8 Å². The Morgan fingerprint density at radius 2 is 2.17 bits per heavy atom. The van der Waals surface area contributed by atoms with E-state index in [1.165, 1.54) is 11.3 Å². The maximum absolute atomic E-state index is 12.2. The van der Waals surface area contributed by atoms with Gasteiger partial charge in [-0.2, -0.15) is 0 Å². The van der Waals surface area contributed by atoms with Crippen LogP contribution in [-0.2, 0) is 4.79 Å². The molecule has 5 nitrogen and oxygen atoms in total. The summed E-state index contributed by atoms with van der Waals surface area (Å²) >= 11 is 1.45. The molecular formula is C12H19N3O2S. The Hall–Kier alpha value is -1.14. The largest absolute Gasteiger partial charge is 0.388 e. The maximum Gasteiger partial charge on any atom is 0.247 e. The molecule has 1 fully saturated rings. The van der Waals surface area contributed by atoms with Crippen LogP contribution in [0.4, 0.5) is 5.13 Å². The molecule has 18 heavy (non-hydrogen) atoms. The van der Waals surface area contributed by atoms with Gasteiger partial charge in [0.15, 0.2) is 5.13 Å². The lowest BCUT2D eigenvalue weighted by atomic mass is 9.99. The van der Waals surface area contributed by atoms with Crippen LogP contribution >= 0.6 is 11.3 Å². The summed E-state index contributed by atoms with van der Waals surface area (Å²) in [5.41, 5.74) is -0.583. The molecule has 1 N–H and O–H groups in total. The molecule has 0 aromatic carbocycles. The number of anilines is 1. The Morgan fingerprint density at radius 1 is 1.50 bits per heavy atom. The van der Waals surface area contributed by atoms with Crippen LogP contribution in [0, 0.1) is 0 Å². The third-order valence-electron chi connectivity index (χ3n) is 3.36. The predicted molar refractivity (Wildman–Crippen MR) is 71.8 cm³/mol. The van der Waals surface area contributed by atoms with Crippen LogP contribution in [0.25, 0.3) is 0 Å². The molecule has 0 aliphatic carbocycles. The first-order chi connectivity index (χ1) is 8.34. The highest BCUT2D eigenvalue weighted by Gasteiger charge is 2.41. The van der Waals surface area contributed by atoms with E-state index in [4.69, 9.17) is 0 Å². The van der Waals surface area contributed by atoms with Gasteiger partial charge in [0, 0.05) is 26.3 Å². The number of thiazole rings is 1. The fourth-order valence-corrected chi connectivity index (χ4v) is 3.17. The summed E-state index contributed by atoms with van der Waals surface area (Å²) in [6, 6.07) is 0. The molecule has 1 amide bonds. The van der Waals surface area contributed by atoms with Crippen molar-refractivity contribution in [3.8, 4) is 0 Å². The molecule has 1 atom stereocenters. The van der Waals surface area contributed by atoms with E-state index >= 15 is 0 Å². The lowest BCUT2D eigenvalue weighted by Gasteiger charge is -2.44. The SMILES string of the molecule is CC(O)c1cnc(N2CCN(C)C(=O)C2(C)C)s1. The minimum absolute atomic E-state index is 0.0996. The van der Waals surface area contributed by atoms with Crippen LogP contribution < -0.4 is 4.90 Å². The number of carbonyl (C=O) groups is 1. The number of rotatable bonds is 2. The van der Waals surface area contributed by atoms with Gasteiger partial charge in [-0.1, -0.05) is 11.3 Å². The van der Waals surface area contributed by atoms with Gasteiger partial charge in [0.25, 0.3) is 0 Å². The first-order valence-corrected chi connectivity index (χ1v) is 6.82. The van der Waals surface area contributed by atoms with E-state index in [1.807, 2.05) is 25.8 Å². The summed E-state index contributed by atoms with van der Waals surface area (Å²) in [5, 5.41) is 10.3. The standard InChI is InChI=1S/C12H19N3O2S/c1-8(16)9-7-13-11(18-9)15-6-5-14(4)10(17)12(15,2)3/h7-8,16H,5-6H2,1-4H3. The van der Waals surface area contributed by atoms with E-state index in [-0.39, 0.29) is 5.91 Å². The number of carbonyl (C=O) groups excluding carboxylic acids is 1. The van der Waals surface area contributed by atoms with E-state index < -0.39 is 11.6 Å². The van der Waals surface area contributed by atoms with Crippen molar-refractivity contribution in [1.82, 2.24) is 9.88 Å². The minimum atomic E-state index is -0.583. The highest BCUT2D eigenvalue weighted by Crippen LogP contribution is 2.33. The zero-order chi connectivity index (χ0) is 13.5. The Balaban J connectivity index is 2.29. The first kappa shape index (κ1) is 13.3. The second-order valence-corrected chi connectivity index (χ2v) is 6.20. The zero-order valence-electron chi connectivity index (χ0n) is 11.2. The van der Waals surface area contributed by atoms with Gasteiger partial charge in [-0.05, 0) is 20.8 Å². The number of nitrogens with zero attached hydrogens (tertiary/aromatic N) is 3. The summed E-state index contributed by atoms with van der Waals surface area (Å²) in [6.45, 7) is 7.01. The summed E-state index contributed by atoms with van der Waals surface area (Å²) in [6.07, 6.45) is 1.17. The van der Waals surface area contributed by atoms with Crippen LogP contribution in [-0.4, -0.2) is 46.6 Å². The predicted octanol–water partition coefficient (Wildman–Crippen LogP) is 1.25. The van der Waals surface area contributed by atoms with Gasteiger partial charge in [-0.25, -0.2) is 4.98 Å². The Kier molecular flexibility index (Phi) is 3.33. The van der Waals surface area contributed by atoms with E-state index in [0.29, 0.717) is 6.54 Å². The molecule has 1 aliphatic heterocycles. The van der Waals surface area contributed by atoms with Crippen molar-refractivity contribution >= 4 is 22.4 Å². The quantitative estimate of drug-likeness (QED) is 0.878. The molecule has 2 heterocycles. The van der Waals surface area contributed by atoms with Gasteiger partial charge >= 0.3 is 0 Å². The van der Waals surface area contributed by atoms with E-state index in [2.05, 4.69) is 4.98 Å². The average molecular weight is 269 g/mol. The molecule has 1 aromatic heterocycles. The highest BCUT2D eigenvalue weighted by molar-refractivity contribution is 7.15. The number of aliphatic hydroxyl groups is 1. The number of piperazine rings is 1. The van der Waals surface area contributed by atoms with Crippen molar-refractivity contribution in [2.45, 2.75) is 32.4 Å². The molecule has 0 spiro atoms. The molecule has 0 saturated carbocycles. The summed E-state index contributed by atoms with van der Waals surface area (Å²) in [7, 11) is 1.82. The first-order valence-electron chi connectivity index (χ1n) is 6.01. The van der Waals surface area contributed by atoms with Crippen molar-refractivity contribution in [2.75, 3.05) is 25.0 Å². The molecule has 1 aromatic rings. The lowest BCUT2D eigenvalue weighted by molar-refractivity contribution is -0.136. The van der Waals surface area contributed by atoms with Crippen LogP contribution in [0.2, 0.25) is 0 Å². The molecule has 1 aliphatic rings. The van der Waals surface area contributed by atoms with Crippen molar-refractivity contribution in [3.63, 3.8) is 0 Å². The summed E-state index contributed by atoms with van der Waals surface area (Å²) < 4.78 is 0. The van der Waals surface area contributed by atoms with Gasteiger partial charge in [-0.3, -0.25) is 4.79 Å². The van der Waals surface area contributed by atoms with Gasteiger partial charge in [0.2, 0.25) is 5.91 Å². The third-order valence-corrected chi connectivity index (χ3v) is 4.55. The molecule has 1 unspecified atom stereocenters. The van der Waals surface area contributed by atoms with Gasteiger partial charge < -0.3 is 14.9 Å². The number of likely N-dealkylation sites (N-methyl/N-ethyl adjacent to an activating group) is 1. The second kappa shape index (κ2) is 4.51. The fraction of sp³-hybridized carbons (Fsp3) is 0.667. The highest BCUT2D eigenvalue weighted by atomic mass is 32.1. The number of aliphatic hydroxyl groups excluding tert-OH is 1. The number of aromatic nitrogens is 1. The number of amides is 1. The molecule has 2 rings (SSSR count). The van der Waals surface area contributed by atoms with Crippen LogP contribution in [0.3, 0.4) is 0 Å². The lowest BCUT2D eigenvalue weighted by Crippen LogP contribution is -2.62. The fourth-order valence-electron chi connectivity index (χ4n) is 2.14. The van der Waals surface area contributed by atoms with Crippen molar-refractivity contribution in [2.24, 2.45) is 0 Å². The van der Waals surface area contributed by atoms with Gasteiger partial charge in [-0.15, -0.1) is 0 Å². The molecule has 0 bridgehead atoms. The van der Waals surface area contributed by atoms with Crippen LogP contribution in [0.5, 0.6) is 0 Å². The molecule has 0 radical (unpaired) electrons. The summed E-state index contributed by atoms with van der Waals surface area (Å²) in [5.74, 6) is 0.0996. The molecule has 100 valence electrons. The third kappa shape index (κ3) is 2.10. The monoisotopic (exact) mass is 269 g/mol. The van der Waals surface area contributed by atoms with Crippen molar-refractivity contribution in [3.05, 3.63) is 11.1 Å². The Labute approximate surface area is 111 Å². The normalized spacial score (nSPS) is 21.3. The average Bonchev–Trinajstić information content (AvgIpc) is 2.75. The molecule has 6 heteroatoms. The Bertz CT molecular complexity index is 456. The second-order valence-electron chi connectivity index (χ2n) is 5.16. The molecule has 1 saturated heterocycles. The van der Waals surface area contributed by atoms with E-state index in [1.54, 1.807) is 18.0 Å². The molecular weight excluding hydrogens is 250 g/mol.